The van der Waals surface area contributed by atoms with Gasteiger partial charge in [-0.3, -0.25) is 0 Å². The van der Waals surface area contributed by atoms with Gasteiger partial charge in [-0.25, -0.2) is 23.1 Å². The summed E-state index contributed by atoms with van der Waals surface area (Å²) in [5.74, 6) is -2.41. The predicted molar refractivity (Wildman–Crippen MR) is 55.2 cm³/mol. The molecule has 1 heterocycles. The molecule has 0 fully saturated rings. The van der Waals surface area contributed by atoms with Crippen molar-refractivity contribution in [2.45, 2.75) is 6.54 Å². The van der Waals surface area contributed by atoms with E-state index in [4.69, 9.17) is 5.73 Å². The van der Waals surface area contributed by atoms with Crippen LogP contribution in [0.5, 0.6) is 0 Å². The zero-order valence-corrected chi connectivity index (χ0v) is 8.62. The number of nitrogens with two attached hydrogens (primary N) is 1. The van der Waals surface area contributed by atoms with Crippen LogP contribution in [0.25, 0.3) is 11.3 Å². The molecule has 0 saturated heterocycles. The summed E-state index contributed by atoms with van der Waals surface area (Å²) < 4.78 is 39.9. The van der Waals surface area contributed by atoms with Crippen molar-refractivity contribution in [3.05, 3.63) is 47.7 Å². The van der Waals surface area contributed by atoms with Crippen LogP contribution in [0.3, 0.4) is 0 Å². The summed E-state index contributed by atoms with van der Waals surface area (Å²) in [6.07, 6.45) is 1.09. The minimum Gasteiger partial charge on any atom is -0.325 e. The first-order chi connectivity index (χ1) is 8.13. The minimum absolute atomic E-state index is 0.0151. The molecule has 0 aliphatic heterocycles. The third kappa shape index (κ3) is 2.12. The first kappa shape index (κ1) is 11.5. The molecule has 0 radical (unpaired) electrons. The highest BCUT2D eigenvalue weighted by atomic mass is 19.1. The summed E-state index contributed by atoms with van der Waals surface area (Å²) in [7, 11) is 0. The average molecular weight is 239 g/mol. The molecule has 2 rings (SSSR count). The highest BCUT2D eigenvalue weighted by Crippen LogP contribution is 2.24. The van der Waals surface area contributed by atoms with Crippen molar-refractivity contribution in [2.75, 3.05) is 0 Å². The number of halogens is 3. The third-order valence-electron chi connectivity index (χ3n) is 2.24. The molecular weight excluding hydrogens is 231 g/mol. The van der Waals surface area contributed by atoms with Crippen LogP contribution in [0.1, 0.15) is 5.69 Å². The van der Waals surface area contributed by atoms with Crippen LogP contribution in [0, 0.1) is 17.5 Å². The second kappa shape index (κ2) is 4.50. The molecule has 3 nitrogen and oxygen atoms in total. The van der Waals surface area contributed by atoms with E-state index in [1.807, 2.05) is 0 Å². The Hall–Kier alpha value is -1.95. The predicted octanol–water partition coefficient (Wildman–Crippen LogP) is 2.02. The Bertz CT molecular complexity index is 558. The molecule has 0 unspecified atom stereocenters. The van der Waals surface area contributed by atoms with Gasteiger partial charge in [0.15, 0.2) is 5.82 Å². The number of nitrogens with zero attached hydrogens (tertiary/aromatic N) is 2. The number of benzene rings is 1. The van der Waals surface area contributed by atoms with E-state index in [2.05, 4.69) is 9.97 Å². The molecular formula is C11H8F3N3. The van der Waals surface area contributed by atoms with Gasteiger partial charge in [0.1, 0.15) is 23.7 Å². The molecule has 0 atom stereocenters. The maximum atomic E-state index is 13.8. The van der Waals surface area contributed by atoms with Crippen molar-refractivity contribution in [2.24, 2.45) is 5.73 Å². The Labute approximate surface area is 95.1 Å². The quantitative estimate of drug-likeness (QED) is 0.872. The molecule has 0 aliphatic rings. The fraction of sp³-hybridized carbons (Fsp3) is 0.0909. The molecule has 88 valence electrons. The molecule has 6 heteroatoms. The summed E-state index contributed by atoms with van der Waals surface area (Å²) in [5, 5.41) is 0. The molecule has 0 spiro atoms. The van der Waals surface area contributed by atoms with Crippen molar-refractivity contribution in [3.63, 3.8) is 0 Å². The normalized spacial score (nSPS) is 10.6. The second-order valence-corrected chi connectivity index (χ2v) is 3.31. The van der Waals surface area contributed by atoms with Crippen LogP contribution in [0.4, 0.5) is 13.2 Å². The fourth-order valence-corrected chi connectivity index (χ4v) is 1.42. The van der Waals surface area contributed by atoms with Gasteiger partial charge in [0.25, 0.3) is 0 Å². The maximum absolute atomic E-state index is 13.8. The second-order valence-electron chi connectivity index (χ2n) is 3.31. The number of hydrogen-bond acceptors (Lipinski definition) is 3. The van der Waals surface area contributed by atoms with Gasteiger partial charge in [-0.2, -0.15) is 0 Å². The molecule has 0 aliphatic carbocycles. The maximum Gasteiger partial charge on any atom is 0.172 e. The minimum atomic E-state index is -0.884. The largest absolute Gasteiger partial charge is 0.325 e. The summed E-state index contributed by atoms with van der Waals surface area (Å²) >= 11 is 0. The standard InChI is InChI=1S/C11H8F3N3/c12-6-1-2-7(8(13)3-6)11-10(14)9(4-15)16-5-17-11/h1-3,5H,4,15H2. The van der Waals surface area contributed by atoms with Crippen LogP contribution in [-0.4, -0.2) is 9.97 Å². The van der Waals surface area contributed by atoms with Crippen LogP contribution >= 0.6 is 0 Å². The Morgan fingerprint density at radius 2 is 1.88 bits per heavy atom. The molecule has 0 bridgehead atoms. The summed E-state index contributed by atoms with van der Waals surface area (Å²) in [5.41, 5.74) is 4.91. The summed E-state index contributed by atoms with van der Waals surface area (Å²) in [6, 6.07) is 2.82. The molecule has 1 aromatic carbocycles. The van der Waals surface area contributed by atoms with Crippen LogP contribution in [0.15, 0.2) is 24.5 Å². The SMILES string of the molecule is NCc1ncnc(-c2ccc(F)cc2F)c1F. The Balaban J connectivity index is 2.60. The number of hydrogen-bond donors (Lipinski definition) is 1. The first-order valence-corrected chi connectivity index (χ1v) is 4.78. The molecule has 1 aromatic heterocycles. The van der Waals surface area contributed by atoms with Gasteiger partial charge in [-0.15, -0.1) is 0 Å². The van der Waals surface area contributed by atoms with Crippen LogP contribution in [0.2, 0.25) is 0 Å². The van der Waals surface area contributed by atoms with Crippen molar-refractivity contribution in [1.29, 1.82) is 0 Å². The topological polar surface area (TPSA) is 51.8 Å². The van der Waals surface area contributed by atoms with E-state index in [-0.39, 0.29) is 23.5 Å². The smallest absolute Gasteiger partial charge is 0.172 e. The van der Waals surface area contributed by atoms with E-state index in [0.29, 0.717) is 6.07 Å². The van der Waals surface area contributed by atoms with E-state index < -0.39 is 17.5 Å². The van der Waals surface area contributed by atoms with E-state index >= 15 is 0 Å². The highest BCUT2D eigenvalue weighted by Gasteiger charge is 2.15. The van der Waals surface area contributed by atoms with E-state index in [1.54, 1.807) is 0 Å². The van der Waals surface area contributed by atoms with E-state index in [9.17, 15) is 13.2 Å². The molecule has 2 aromatic rings. The van der Waals surface area contributed by atoms with Crippen LogP contribution < -0.4 is 5.73 Å². The molecule has 0 saturated carbocycles. The van der Waals surface area contributed by atoms with Crippen molar-refractivity contribution >= 4 is 0 Å². The third-order valence-corrected chi connectivity index (χ3v) is 2.24. The Kier molecular flexibility index (Phi) is 3.06. The van der Waals surface area contributed by atoms with Crippen molar-refractivity contribution in [3.8, 4) is 11.3 Å². The van der Waals surface area contributed by atoms with Gasteiger partial charge < -0.3 is 5.73 Å². The molecule has 2 N–H and O–H groups in total. The van der Waals surface area contributed by atoms with Crippen molar-refractivity contribution < 1.29 is 13.2 Å². The first-order valence-electron chi connectivity index (χ1n) is 4.78. The average Bonchev–Trinajstić information content (AvgIpc) is 2.30. The summed E-state index contributed by atoms with van der Waals surface area (Å²) in [6.45, 7) is -0.121. The van der Waals surface area contributed by atoms with Gasteiger partial charge >= 0.3 is 0 Å². The lowest BCUT2D eigenvalue weighted by Gasteiger charge is -2.06. The lowest BCUT2D eigenvalue weighted by atomic mass is 10.1. The number of rotatable bonds is 2. The van der Waals surface area contributed by atoms with E-state index in [1.165, 1.54) is 0 Å². The van der Waals surface area contributed by atoms with Gasteiger partial charge in [0.05, 0.1) is 5.69 Å². The summed E-state index contributed by atoms with van der Waals surface area (Å²) in [4.78, 5) is 7.27. The lowest BCUT2D eigenvalue weighted by molar-refractivity contribution is 0.576. The van der Waals surface area contributed by atoms with Gasteiger partial charge in [0, 0.05) is 18.2 Å². The van der Waals surface area contributed by atoms with Gasteiger partial charge in [0.2, 0.25) is 0 Å². The van der Waals surface area contributed by atoms with Gasteiger partial charge in [-0.05, 0) is 12.1 Å². The monoisotopic (exact) mass is 239 g/mol. The molecule has 17 heavy (non-hydrogen) atoms. The Morgan fingerprint density at radius 3 is 2.53 bits per heavy atom. The van der Waals surface area contributed by atoms with Crippen molar-refractivity contribution in [1.82, 2.24) is 9.97 Å². The lowest BCUT2D eigenvalue weighted by Crippen LogP contribution is -2.06. The zero-order chi connectivity index (χ0) is 12.4. The van der Waals surface area contributed by atoms with Gasteiger partial charge in [-0.1, -0.05) is 0 Å². The van der Waals surface area contributed by atoms with E-state index in [0.717, 1.165) is 18.5 Å². The highest BCUT2D eigenvalue weighted by molar-refractivity contribution is 5.60. The molecule has 0 amide bonds. The fourth-order valence-electron chi connectivity index (χ4n) is 1.42. The number of aromatic nitrogens is 2. The van der Waals surface area contributed by atoms with Crippen LogP contribution in [-0.2, 0) is 6.54 Å². The Morgan fingerprint density at radius 1 is 1.12 bits per heavy atom. The zero-order valence-electron chi connectivity index (χ0n) is 8.62.